The van der Waals surface area contributed by atoms with E-state index < -0.39 is 0 Å². The molecule has 0 fully saturated rings. The molecule has 1 aromatic heterocycles. The minimum Gasteiger partial charge on any atom is -0.367 e. The fourth-order valence-corrected chi connectivity index (χ4v) is 0.364. The Kier molecular flexibility index (Phi) is 0.477. The number of aromatic amines is 1. The van der Waals surface area contributed by atoms with Crippen molar-refractivity contribution in [3.63, 3.8) is 0 Å². The van der Waals surface area contributed by atoms with Gasteiger partial charge in [0.25, 0.3) is 0 Å². The van der Waals surface area contributed by atoms with Crippen LogP contribution in [0.3, 0.4) is 0 Å². The molecule has 0 saturated heterocycles. The van der Waals surface area contributed by atoms with Crippen LogP contribution in [0.2, 0.25) is 0 Å². The summed E-state index contributed by atoms with van der Waals surface area (Å²) in [7, 11) is 0. The zero-order chi connectivity index (χ0) is 5.28. The number of hydrogen-bond acceptors (Lipinski definition) is 0. The summed E-state index contributed by atoms with van der Waals surface area (Å²) in [6, 6.07) is 0.583. The van der Waals surface area contributed by atoms with Gasteiger partial charge in [-0.15, -0.1) is 0 Å². The predicted molar refractivity (Wildman–Crippen MR) is 25.5 cm³/mol. The van der Waals surface area contributed by atoms with Crippen LogP contribution < -0.4 is 0 Å². The standard InChI is InChI=1S/C5H7N/c1-5-2-3-6-4-5/h2-4,6H,1H3/i2D. The Hall–Kier alpha value is -0.720. The molecule has 0 atom stereocenters. The summed E-state index contributed by atoms with van der Waals surface area (Å²) in [5, 5.41) is 0. The van der Waals surface area contributed by atoms with E-state index in [2.05, 4.69) is 4.98 Å². The van der Waals surface area contributed by atoms with Crippen LogP contribution in [-0.4, -0.2) is 4.98 Å². The second kappa shape index (κ2) is 1.17. The van der Waals surface area contributed by atoms with Gasteiger partial charge in [0.05, 0.1) is 1.37 Å². The van der Waals surface area contributed by atoms with E-state index in [1.165, 1.54) is 0 Å². The lowest BCUT2D eigenvalue weighted by Gasteiger charge is -1.65. The number of rotatable bonds is 0. The van der Waals surface area contributed by atoms with E-state index in [1.807, 2.05) is 13.1 Å². The van der Waals surface area contributed by atoms with Crippen LogP contribution in [0.4, 0.5) is 0 Å². The number of aryl methyl sites for hydroxylation is 1. The zero-order valence-corrected chi connectivity index (χ0v) is 3.65. The molecule has 1 nitrogen and oxygen atoms in total. The van der Waals surface area contributed by atoms with Gasteiger partial charge >= 0.3 is 0 Å². The van der Waals surface area contributed by atoms with Crippen LogP contribution in [-0.2, 0) is 0 Å². The Morgan fingerprint density at radius 2 is 2.83 bits per heavy atom. The fourth-order valence-electron chi connectivity index (χ4n) is 0.364. The van der Waals surface area contributed by atoms with E-state index in [4.69, 9.17) is 1.37 Å². The first-order valence-corrected chi connectivity index (χ1v) is 1.90. The summed E-state index contributed by atoms with van der Waals surface area (Å²) in [4.78, 5) is 2.81. The zero-order valence-electron chi connectivity index (χ0n) is 4.65. The van der Waals surface area contributed by atoms with Crippen molar-refractivity contribution in [2.24, 2.45) is 0 Å². The van der Waals surface area contributed by atoms with Gasteiger partial charge < -0.3 is 4.98 Å². The summed E-state index contributed by atoms with van der Waals surface area (Å²) in [5.41, 5.74) is 1.00. The number of hydrogen-bond donors (Lipinski definition) is 1. The molecule has 6 heavy (non-hydrogen) atoms. The van der Waals surface area contributed by atoms with Gasteiger partial charge in [0.15, 0.2) is 0 Å². The highest BCUT2D eigenvalue weighted by molar-refractivity contribution is 5.03. The van der Waals surface area contributed by atoms with Crippen LogP contribution in [0.5, 0.6) is 0 Å². The van der Waals surface area contributed by atoms with E-state index >= 15 is 0 Å². The van der Waals surface area contributed by atoms with Crippen molar-refractivity contribution in [1.82, 2.24) is 4.98 Å². The molecule has 0 spiro atoms. The number of nitrogens with one attached hydrogen (secondary N) is 1. The van der Waals surface area contributed by atoms with Gasteiger partial charge in [-0.25, -0.2) is 0 Å². The monoisotopic (exact) mass is 82.1 g/mol. The van der Waals surface area contributed by atoms with Gasteiger partial charge in [0, 0.05) is 12.4 Å². The van der Waals surface area contributed by atoms with Crippen LogP contribution in [0.15, 0.2) is 18.4 Å². The largest absolute Gasteiger partial charge is 0.367 e. The molecule has 0 saturated carbocycles. The molecule has 1 rings (SSSR count). The van der Waals surface area contributed by atoms with Gasteiger partial charge in [0.2, 0.25) is 0 Å². The molecule has 0 aliphatic heterocycles. The Morgan fingerprint density at radius 3 is 3.00 bits per heavy atom. The molecular weight excluding hydrogens is 74.1 g/mol. The molecule has 1 heterocycles. The number of H-pyrrole nitrogens is 1. The first-order chi connectivity index (χ1) is 3.30. The second-order valence-electron chi connectivity index (χ2n) is 1.28. The molecule has 0 aliphatic carbocycles. The van der Waals surface area contributed by atoms with E-state index in [0.29, 0.717) is 6.04 Å². The molecule has 1 heteroatoms. The minimum atomic E-state index is 0.583. The summed E-state index contributed by atoms with van der Waals surface area (Å²) in [5.74, 6) is 0. The third kappa shape index (κ3) is 0.432. The van der Waals surface area contributed by atoms with E-state index in [0.717, 1.165) is 5.56 Å². The second-order valence-corrected chi connectivity index (χ2v) is 1.28. The van der Waals surface area contributed by atoms with Crippen molar-refractivity contribution in [2.75, 3.05) is 0 Å². The molecule has 0 aliphatic rings. The van der Waals surface area contributed by atoms with Crippen LogP contribution in [0, 0.1) is 6.92 Å². The summed E-state index contributed by atoms with van der Waals surface area (Å²) >= 11 is 0. The Balaban J connectivity index is 3.12. The summed E-state index contributed by atoms with van der Waals surface area (Å²) < 4.78 is 7.07. The Morgan fingerprint density at radius 1 is 2.00 bits per heavy atom. The Bertz CT molecular complexity index is 140. The topological polar surface area (TPSA) is 15.8 Å². The molecule has 0 radical (unpaired) electrons. The highest BCUT2D eigenvalue weighted by Gasteiger charge is 1.73. The van der Waals surface area contributed by atoms with Crippen molar-refractivity contribution >= 4 is 0 Å². The molecular formula is C5H7N. The lowest BCUT2D eigenvalue weighted by molar-refractivity contribution is 1.39. The van der Waals surface area contributed by atoms with E-state index in [-0.39, 0.29) is 0 Å². The number of aromatic nitrogens is 1. The predicted octanol–water partition coefficient (Wildman–Crippen LogP) is 1.32. The van der Waals surface area contributed by atoms with Crippen LogP contribution in [0.1, 0.15) is 6.93 Å². The smallest absolute Gasteiger partial charge is 0.0641 e. The highest BCUT2D eigenvalue weighted by atomic mass is 14.6. The van der Waals surface area contributed by atoms with E-state index in [1.54, 1.807) is 6.20 Å². The molecule has 0 amide bonds. The maximum absolute atomic E-state index is 7.07. The van der Waals surface area contributed by atoms with Crippen LogP contribution in [0.25, 0.3) is 0 Å². The lowest BCUT2D eigenvalue weighted by atomic mass is 10.4. The lowest BCUT2D eigenvalue weighted by Crippen LogP contribution is -1.50. The molecule has 1 N–H and O–H groups in total. The SMILES string of the molecule is [2H]c1c[nH]cc1C. The molecule has 1 aromatic rings. The maximum atomic E-state index is 7.07. The molecule has 0 bridgehead atoms. The minimum absolute atomic E-state index is 0.583. The molecule has 0 unspecified atom stereocenters. The van der Waals surface area contributed by atoms with Gasteiger partial charge in [-0.2, -0.15) is 0 Å². The van der Waals surface area contributed by atoms with Crippen molar-refractivity contribution in [2.45, 2.75) is 6.92 Å². The highest BCUT2D eigenvalue weighted by Crippen LogP contribution is 1.88. The first kappa shape index (κ1) is 2.45. The average molecular weight is 82.1 g/mol. The normalized spacial score (nSPS) is 11.2. The first-order valence-electron chi connectivity index (χ1n) is 2.40. The van der Waals surface area contributed by atoms with Crippen molar-refractivity contribution in [3.05, 3.63) is 24.0 Å². The fraction of sp³-hybridized carbons (Fsp3) is 0.200. The van der Waals surface area contributed by atoms with Gasteiger partial charge in [-0.05, 0) is 18.5 Å². The molecule has 0 aromatic carbocycles. The average Bonchev–Trinajstić information content (AvgIpc) is 1.91. The van der Waals surface area contributed by atoms with Gasteiger partial charge in [-0.3, -0.25) is 0 Å². The Labute approximate surface area is 38.4 Å². The van der Waals surface area contributed by atoms with E-state index in [9.17, 15) is 0 Å². The molecule has 32 valence electrons. The summed E-state index contributed by atoms with van der Waals surface area (Å²) in [6.45, 7) is 1.90. The van der Waals surface area contributed by atoms with Crippen molar-refractivity contribution in [3.8, 4) is 0 Å². The summed E-state index contributed by atoms with van der Waals surface area (Å²) in [6.07, 6.45) is 3.47. The third-order valence-corrected chi connectivity index (χ3v) is 0.683. The van der Waals surface area contributed by atoms with Crippen LogP contribution >= 0.6 is 0 Å². The maximum Gasteiger partial charge on any atom is 0.0641 e. The van der Waals surface area contributed by atoms with Gasteiger partial charge in [0.1, 0.15) is 0 Å². The van der Waals surface area contributed by atoms with Crippen molar-refractivity contribution < 1.29 is 1.37 Å². The quantitative estimate of drug-likeness (QED) is 0.486. The van der Waals surface area contributed by atoms with Crippen molar-refractivity contribution in [1.29, 1.82) is 0 Å². The third-order valence-electron chi connectivity index (χ3n) is 0.683. The van der Waals surface area contributed by atoms with Gasteiger partial charge in [-0.1, -0.05) is 0 Å².